The summed E-state index contributed by atoms with van der Waals surface area (Å²) in [5.41, 5.74) is 3.14. The summed E-state index contributed by atoms with van der Waals surface area (Å²) in [4.78, 5) is 12.7. The molecule has 1 aliphatic rings. The Morgan fingerprint density at radius 2 is 2.03 bits per heavy atom. The molecule has 0 radical (unpaired) electrons. The minimum atomic E-state index is -0.540. The highest BCUT2D eigenvalue weighted by atomic mass is 16.5. The van der Waals surface area contributed by atoms with Gasteiger partial charge in [-0.1, -0.05) is 42.5 Å². The van der Waals surface area contributed by atoms with Crippen LogP contribution in [0.5, 0.6) is 11.5 Å². The Morgan fingerprint density at radius 3 is 2.76 bits per heavy atom. The fourth-order valence-corrected chi connectivity index (χ4v) is 3.51. The largest absolute Gasteiger partial charge is 0.497 e. The topological polar surface area (TPSA) is 78.3 Å². The fraction of sp³-hybridized carbons (Fsp3) is 0.318. The SMILES string of the molecule is CCc1c(NC(=O)C2Cc3ccccc3O2)nnn1CCc1ccc(OC)cc1. The minimum absolute atomic E-state index is 0.196. The van der Waals surface area contributed by atoms with E-state index in [2.05, 4.69) is 15.6 Å². The molecule has 4 rings (SSSR count). The number of aromatic nitrogens is 3. The molecule has 7 heteroatoms. The average Bonchev–Trinajstić information content (AvgIpc) is 3.36. The van der Waals surface area contributed by atoms with Gasteiger partial charge in [-0.2, -0.15) is 0 Å². The van der Waals surface area contributed by atoms with Gasteiger partial charge >= 0.3 is 0 Å². The van der Waals surface area contributed by atoms with Crippen LogP contribution in [0.15, 0.2) is 48.5 Å². The zero-order chi connectivity index (χ0) is 20.2. The third kappa shape index (κ3) is 4.08. The van der Waals surface area contributed by atoms with Crippen molar-refractivity contribution in [1.29, 1.82) is 0 Å². The van der Waals surface area contributed by atoms with Gasteiger partial charge < -0.3 is 14.8 Å². The van der Waals surface area contributed by atoms with Crippen molar-refractivity contribution in [3.63, 3.8) is 0 Å². The molecule has 150 valence electrons. The molecule has 0 bridgehead atoms. The predicted octanol–water partition coefficient (Wildman–Crippen LogP) is 3.03. The van der Waals surface area contributed by atoms with Crippen molar-refractivity contribution in [2.75, 3.05) is 12.4 Å². The number of para-hydroxylation sites is 1. The molecule has 2 aromatic carbocycles. The van der Waals surface area contributed by atoms with E-state index in [4.69, 9.17) is 9.47 Å². The first-order valence-electron chi connectivity index (χ1n) is 9.78. The molecule has 0 fully saturated rings. The fourth-order valence-electron chi connectivity index (χ4n) is 3.51. The van der Waals surface area contributed by atoms with Crippen molar-refractivity contribution in [1.82, 2.24) is 15.0 Å². The van der Waals surface area contributed by atoms with Crippen LogP contribution in [-0.2, 0) is 30.6 Å². The number of amides is 1. The number of hydrogen-bond acceptors (Lipinski definition) is 5. The lowest BCUT2D eigenvalue weighted by molar-refractivity contribution is -0.122. The van der Waals surface area contributed by atoms with E-state index < -0.39 is 6.10 Å². The van der Waals surface area contributed by atoms with Crippen molar-refractivity contribution in [2.24, 2.45) is 0 Å². The molecule has 1 unspecified atom stereocenters. The van der Waals surface area contributed by atoms with Gasteiger partial charge in [-0.25, -0.2) is 4.68 Å². The van der Waals surface area contributed by atoms with Crippen LogP contribution in [-0.4, -0.2) is 34.1 Å². The summed E-state index contributed by atoms with van der Waals surface area (Å²) >= 11 is 0. The van der Waals surface area contributed by atoms with Gasteiger partial charge in [0.05, 0.1) is 12.8 Å². The van der Waals surface area contributed by atoms with Gasteiger partial charge in [0.25, 0.3) is 5.91 Å². The number of aryl methyl sites for hydroxylation is 2. The van der Waals surface area contributed by atoms with Gasteiger partial charge in [-0.3, -0.25) is 4.79 Å². The molecule has 0 spiro atoms. The maximum absolute atomic E-state index is 12.7. The molecule has 3 aromatic rings. The van der Waals surface area contributed by atoms with Crippen LogP contribution in [0.4, 0.5) is 5.82 Å². The van der Waals surface area contributed by atoms with Crippen molar-refractivity contribution < 1.29 is 14.3 Å². The zero-order valence-corrected chi connectivity index (χ0v) is 16.6. The first-order chi connectivity index (χ1) is 14.2. The molecular formula is C22H24N4O3. The molecule has 29 heavy (non-hydrogen) atoms. The molecule has 2 heterocycles. The van der Waals surface area contributed by atoms with E-state index in [1.807, 2.05) is 60.1 Å². The maximum Gasteiger partial charge on any atom is 0.267 e. The second-order valence-corrected chi connectivity index (χ2v) is 6.97. The molecule has 1 aromatic heterocycles. The summed E-state index contributed by atoms with van der Waals surface area (Å²) < 4.78 is 12.8. The standard InChI is InChI=1S/C22H24N4O3/c1-3-18-21(23-22(27)20-14-16-6-4-5-7-19(16)29-20)24-25-26(18)13-12-15-8-10-17(28-2)11-9-15/h4-11,20H,3,12-14H2,1-2H3,(H,23,27). The van der Waals surface area contributed by atoms with Crippen molar-refractivity contribution >= 4 is 11.7 Å². The summed E-state index contributed by atoms with van der Waals surface area (Å²) in [5, 5.41) is 11.3. The van der Waals surface area contributed by atoms with Crippen LogP contribution in [0.2, 0.25) is 0 Å². The Kier molecular flexibility index (Phi) is 5.46. The van der Waals surface area contributed by atoms with Gasteiger partial charge in [0, 0.05) is 13.0 Å². The predicted molar refractivity (Wildman–Crippen MR) is 109 cm³/mol. The monoisotopic (exact) mass is 392 g/mol. The van der Waals surface area contributed by atoms with Gasteiger partial charge in [0.1, 0.15) is 11.5 Å². The first-order valence-corrected chi connectivity index (χ1v) is 9.78. The highest BCUT2D eigenvalue weighted by Crippen LogP contribution is 2.28. The van der Waals surface area contributed by atoms with Gasteiger partial charge in [-0.15, -0.1) is 5.10 Å². The molecule has 1 atom stereocenters. The molecular weight excluding hydrogens is 368 g/mol. The van der Waals surface area contributed by atoms with Crippen LogP contribution >= 0.6 is 0 Å². The number of hydrogen-bond donors (Lipinski definition) is 1. The van der Waals surface area contributed by atoms with Gasteiger partial charge in [-0.05, 0) is 42.2 Å². The van der Waals surface area contributed by atoms with Crippen molar-refractivity contribution in [3.8, 4) is 11.5 Å². The summed E-state index contributed by atoms with van der Waals surface area (Å²) in [6.07, 6.45) is 1.56. The van der Waals surface area contributed by atoms with E-state index in [0.29, 0.717) is 18.8 Å². The lowest BCUT2D eigenvalue weighted by atomic mass is 10.1. The lowest BCUT2D eigenvalue weighted by Gasteiger charge is -2.11. The molecule has 0 aliphatic carbocycles. The number of nitrogens with zero attached hydrogens (tertiary/aromatic N) is 3. The Labute approximate surface area is 169 Å². The third-order valence-corrected chi connectivity index (χ3v) is 5.13. The number of nitrogens with one attached hydrogen (secondary N) is 1. The summed E-state index contributed by atoms with van der Waals surface area (Å²) in [5.74, 6) is 1.92. The van der Waals surface area contributed by atoms with Crippen LogP contribution in [0, 0.1) is 0 Å². The highest BCUT2D eigenvalue weighted by Gasteiger charge is 2.30. The average molecular weight is 392 g/mol. The number of rotatable bonds is 7. The smallest absolute Gasteiger partial charge is 0.267 e. The first kappa shape index (κ1) is 19.0. The number of methoxy groups -OCH3 is 1. The summed E-state index contributed by atoms with van der Waals surface area (Å²) in [6.45, 7) is 2.71. The second-order valence-electron chi connectivity index (χ2n) is 6.97. The lowest BCUT2D eigenvalue weighted by Crippen LogP contribution is -2.32. The number of ether oxygens (including phenoxy) is 2. The normalized spacial score (nSPS) is 14.9. The molecule has 1 amide bonds. The van der Waals surface area contributed by atoms with Crippen LogP contribution < -0.4 is 14.8 Å². The summed E-state index contributed by atoms with van der Waals surface area (Å²) in [6, 6.07) is 15.7. The number of carbonyl (C=O) groups excluding carboxylic acids is 1. The highest BCUT2D eigenvalue weighted by molar-refractivity contribution is 5.94. The van der Waals surface area contributed by atoms with E-state index >= 15 is 0 Å². The molecule has 0 saturated heterocycles. The van der Waals surface area contributed by atoms with Crippen molar-refractivity contribution in [3.05, 3.63) is 65.4 Å². The molecule has 1 N–H and O–H groups in total. The van der Waals surface area contributed by atoms with Crippen LogP contribution in [0.1, 0.15) is 23.7 Å². The van der Waals surface area contributed by atoms with E-state index in [0.717, 1.165) is 35.6 Å². The minimum Gasteiger partial charge on any atom is -0.497 e. The van der Waals surface area contributed by atoms with E-state index in [-0.39, 0.29) is 5.91 Å². The van der Waals surface area contributed by atoms with E-state index in [9.17, 15) is 4.79 Å². The number of carbonyl (C=O) groups is 1. The quantitative estimate of drug-likeness (QED) is 0.669. The van der Waals surface area contributed by atoms with Crippen LogP contribution in [0.25, 0.3) is 0 Å². The third-order valence-electron chi connectivity index (χ3n) is 5.13. The Bertz CT molecular complexity index is 973. The zero-order valence-electron chi connectivity index (χ0n) is 16.6. The van der Waals surface area contributed by atoms with Crippen molar-refractivity contribution in [2.45, 2.75) is 38.8 Å². The second kappa shape index (κ2) is 8.34. The molecule has 1 aliphatic heterocycles. The number of anilines is 1. The molecule has 7 nitrogen and oxygen atoms in total. The van der Waals surface area contributed by atoms with E-state index in [1.54, 1.807) is 7.11 Å². The van der Waals surface area contributed by atoms with Gasteiger partial charge in [0.15, 0.2) is 11.9 Å². The number of benzene rings is 2. The Morgan fingerprint density at radius 1 is 1.24 bits per heavy atom. The maximum atomic E-state index is 12.7. The van der Waals surface area contributed by atoms with Crippen LogP contribution in [0.3, 0.4) is 0 Å². The van der Waals surface area contributed by atoms with E-state index in [1.165, 1.54) is 5.56 Å². The number of fused-ring (bicyclic) bond motifs is 1. The van der Waals surface area contributed by atoms with Gasteiger partial charge in [0.2, 0.25) is 0 Å². The Balaban J connectivity index is 1.40. The summed E-state index contributed by atoms with van der Waals surface area (Å²) in [7, 11) is 1.66. The Hall–Kier alpha value is -3.35. The molecule has 0 saturated carbocycles.